The van der Waals surface area contributed by atoms with E-state index in [9.17, 15) is 0 Å². The first-order valence-corrected chi connectivity index (χ1v) is 19.4. The Morgan fingerprint density at radius 1 is 0.273 bits per heavy atom. The van der Waals surface area contributed by atoms with Gasteiger partial charge in [0.2, 0.25) is 0 Å². The topological polar surface area (TPSA) is 25.8 Å². The average molecular weight is 719 g/mol. The molecule has 8 aromatic carbocycles. The van der Waals surface area contributed by atoms with Gasteiger partial charge in [0.1, 0.15) is 0 Å². The molecule has 0 bridgehead atoms. The predicted molar refractivity (Wildman–Crippen MR) is 233 cm³/mol. The van der Waals surface area contributed by atoms with Crippen LogP contribution in [0.5, 0.6) is 0 Å². The number of thiophene rings is 1. The number of benzene rings is 8. The van der Waals surface area contributed by atoms with Crippen LogP contribution < -0.4 is 0 Å². The Hall–Kier alpha value is -6.94. The highest BCUT2D eigenvalue weighted by molar-refractivity contribution is 7.25. The zero-order chi connectivity index (χ0) is 36.6. The summed E-state index contributed by atoms with van der Waals surface area (Å²) in [5.74, 6) is 0.695. The van der Waals surface area contributed by atoms with E-state index in [1.165, 1.54) is 36.9 Å². The molecule has 10 rings (SSSR count). The van der Waals surface area contributed by atoms with Crippen molar-refractivity contribution in [3.8, 4) is 78.4 Å². The van der Waals surface area contributed by atoms with Gasteiger partial charge in [-0.3, -0.25) is 0 Å². The molecule has 258 valence electrons. The monoisotopic (exact) mass is 718 g/mol. The van der Waals surface area contributed by atoms with Crippen LogP contribution in [0.4, 0.5) is 0 Å². The van der Waals surface area contributed by atoms with Crippen molar-refractivity contribution >= 4 is 31.5 Å². The zero-order valence-corrected chi connectivity index (χ0v) is 30.7. The Morgan fingerprint density at radius 2 is 0.782 bits per heavy atom. The minimum atomic E-state index is 0.695. The van der Waals surface area contributed by atoms with E-state index in [2.05, 4.69) is 188 Å². The van der Waals surface area contributed by atoms with E-state index in [0.29, 0.717) is 5.82 Å². The molecule has 10 aromatic rings. The summed E-state index contributed by atoms with van der Waals surface area (Å²) in [6.45, 7) is 0. The van der Waals surface area contributed by atoms with Gasteiger partial charge in [-0.15, -0.1) is 11.3 Å². The highest BCUT2D eigenvalue weighted by Crippen LogP contribution is 2.40. The molecule has 0 amide bonds. The first kappa shape index (κ1) is 32.7. The Kier molecular flexibility index (Phi) is 8.40. The van der Waals surface area contributed by atoms with Crippen LogP contribution in [0.1, 0.15) is 0 Å². The smallest absolute Gasteiger partial charge is 0.160 e. The molecule has 0 radical (unpaired) electrons. The highest BCUT2D eigenvalue weighted by Gasteiger charge is 2.17. The molecular weight excluding hydrogens is 685 g/mol. The molecule has 0 spiro atoms. The van der Waals surface area contributed by atoms with Gasteiger partial charge in [-0.1, -0.05) is 158 Å². The minimum Gasteiger partial charge on any atom is -0.228 e. The van der Waals surface area contributed by atoms with Gasteiger partial charge < -0.3 is 0 Å². The van der Waals surface area contributed by atoms with Crippen LogP contribution in [0.2, 0.25) is 0 Å². The van der Waals surface area contributed by atoms with Crippen molar-refractivity contribution in [1.29, 1.82) is 0 Å². The Labute approximate surface area is 324 Å². The molecule has 55 heavy (non-hydrogen) atoms. The lowest BCUT2D eigenvalue weighted by Crippen LogP contribution is -1.97. The fraction of sp³-hybridized carbons (Fsp3) is 0. The molecule has 0 unspecified atom stereocenters. The summed E-state index contributed by atoms with van der Waals surface area (Å²) in [5.41, 5.74) is 14.1. The quantitative estimate of drug-likeness (QED) is 0.164. The fourth-order valence-electron chi connectivity index (χ4n) is 7.55. The van der Waals surface area contributed by atoms with Gasteiger partial charge in [0.05, 0.1) is 11.4 Å². The molecule has 0 fully saturated rings. The molecule has 0 saturated heterocycles. The molecular formula is C52H34N2S. The summed E-state index contributed by atoms with van der Waals surface area (Å²) >= 11 is 1.85. The van der Waals surface area contributed by atoms with Crippen molar-refractivity contribution in [2.75, 3.05) is 0 Å². The summed E-state index contributed by atoms with van der Waals surface area (Å²) in [6.07, 6.45) is 0. The molecule has 3 heteroatoms. The van der Waals surface area contributed by atoms with Crippen molar-refractivity contribution in [1.82, 2.24) is 9.97 Å². The first-order valence-electron chi connectivity index (χ1n) is 18.6. The second-order valence-electron chi connectivity index (χ2n) is 13.8. The van der Waals surface area contributed by atoms with Crippen LogP contribution in [0.25, 0.3) is 98.6 Å². The van der Waals surface area contributed by atoms with Gasteiger partial charge in [-0.2, -0.15) is 0 Å². The standard InChI is InChI=1S/C52H34N2S/c1-4-15-35(16-5-1)38-21-14-22-39(29-38)41-30-42(40-27-28-51-47(33-40)46-25-12-13-26-50(46)55-51)32-43(31-41)48-34-49(54-52(53-48)37-19-8-3-9-20-37)45-24-11-10-23-44(45)36-17-6-2-7-18-36/h1-34H. The van der Waals surface area contributed by atoms with E-state index < -0.39 is 0 Å². The molecule has 0 aliphatic heterocycles. The van der Waals surface area contributed by atoms with Crippen LogP contribution in [0.3, 0.4) is 0 Å². The summed E-state index contributed by atoms with van der Waals surface area (Å²) in [7, 11) is 0. The summed E-state index contributed by atoms with van der Waals surface area (Å²) in [4.78, 5) is 10.5. The molecule has 0 atom stereocenters. The van der Waals surface area contributed by atoms with Gasteiger partial charge in [0, 0.05) is 36.9 Å². The van der Waals surface area contributed by atoms with Crippen LogP contribution >= 0.6 is 11.3 Å². The lowest BCUT2D eigenvalue weighted by atomic mass is 9.92. The van der Waals surface area contributed by atoms with Gasteiger partial charge in [0.15, 0.2) is 5.82 Å². The Balaban J connectivity index is 1.20. The average Bonchev–Trinajstić information content (AvgIpc) is 3.65. The Morgan fingerprint density at radius 3 is 1.53 bits per heavy atom. The molecule has 2 nitrogen and oxygen atoms in total. The van der Waals surface area contributed by atoms with Crippen molar-refractivity contribution in [3.05, 3.63) is 206 Å². The van der Waals surface area contributed by atoms with E-state index in [-0.39, 0.29) is 0 Å². The fourth-order valence-corrected chi connectivity index (χ4v) is 8.64. The number of hydrogen-bond acceptors (Lipinski definition) is 3. The van der Waals surface area contributed by atoms with Crippen LogP contribution in [0, 0.1) is 0 Å². The van der Waals surface area contributed by atoms with Gasteiger partial charge in [-0.25, -0.2) is 9.97 Å². The van der Waals surface area contributed by atoms with Crippen molar-refractivity contribution in [2.45, 2.75) is 0 Å². The molecule has 0 aliphatic carbocycles. The third-order valence-corrected chi connectivity index (χ3v) is 11.4. The van der Waals surface area contributed by atoms with Crippen LogP contribution in [-0.2, 0) is 0 Å². The zero-order valence-electron chi connectivity index (χ0n) is 29.9. The van der Waals surface area contributed by atoms with Crippen molar-refractivity contribution < 1.29 is 0 Å². The van der Waals surface area contributed by atoms with Crippen LogP contribution in [0.15, 0.2) is 206 Å². The molecule has 2 heterocycles. The normalized spacial score (nSPS) is 11.3. The van der Waals surface area contributed by atoms with Gasteiger partial charge >= 0.3 is 0 Å². The van der Waals surface area contributed by atoms with E-state index in [0.717, 1.165) is 55.9 Å². The van der Waals surface area contributed by atoms with E-state index in [1.54, 1.807) is 0 Å². The maximum atomic E-state index is 5.31. The third-order valence-electron chi connectivity index (χ3n) is 10.3. The lowest BCUT2D eigenvalue weighted by Gasteiger charge is -2.15. The van der Waals surface area contributed by atoms with Crippen LogP contribution in [-0.4, -0.2) is 9.97 Å². The molecule has 0 saturated carbocycles. The number of hydrogen-bond donors (Lipinski definition) is 0. The second-order valence-corrected chi connectivity index (χ2v) is 14.9. The maximum absolute atomic E-state index is 5.31. The van der Waals surface area contributed by atoms with Crippen molar-refractivity contribution in [2.24, 2.45) is 0 Å². The number of fused-ring (bicyclic) bond motifs is 3. The summed E-state index contributed by atoms with van der Waals surface area (Å²) < 4.78 is 2.60. The lowest BCUT2D eigenvalue weighted by molar-refractivity contribution is 1.18. The third kappa shape index (κ3) is 6.41. The van der Waals surface area contributed by atoms with E-state index in [4.69, 9.17) is 9.97 Å². The van der Waals surface area contributed by atoms with E-state index >= 15 is 0 Å². The van der Waals surface area contributed by atoms with Gasteiger partial charge in [-0.05, 0) is 93.0 Å². The largest absolute Gasteiger partial charge is 0.228 e. The SMILES string of the molecule is c1ccc(-c2cccc(-c3cc(-c4ccc5sc6ccccc6c5c4)cc(-c4cc(-c5ccccc5-c5ccccc5)nc(-c5ccccc5)n4)c3)c2)cc1. The molecule has 2 aromatic heterocycles. The summed E-state index contributed by atoms with van der Waals surface area (Å²) in [5, 5.41) is 2.57. The molecule has 0 aliphatic rings. The number of nitrogens with zero attached hydrogens (tertiary/aromatic N) is 2. The second kappa shape index (κ2) is 14.1. The number of rotatable bonds is 7. The molecule has 0 N–H and O–H groups in total. The Bertz CT molecular complexity index is 2970. The first-order chi connectivity index (χ1) is 27.2. The minimum absolute atomic E-state index is 0.695. The maximum Gasteiger partial charge on any atom is 0.160 e. The number of aromatic nitrogens is 2. The predicted octanol–water partition coefficient (Wildman–Crippen LogP) is 14.5. The highest BCUT2D eigenvalue weighted by atomic mass is 32.1. The van der Waals surface area contributed by atoms with Crippen molar-refractivity contribution in [3.63, 3.8) is 0 Å². The van der Waals surface area contributed by atoms with E-state index in [1.807, 2.05) is 29.5 Å². The van der Waals surface area contributed by atoms with Gasteiger partial charge in [0.25, 0.3) is 0 Å². The summed E-state index contributed by atoms with van der Waals surface area (Å²) in [6, 6.07) is 73.5.